The van der Waals surface area contributed by atoms with Gasteiger partial charge in [0.2, 0.25) is 15.9 Å². The molecule has 1 amide bonds. The number of carbonyl (C=O) groups excluding carboxylic acids is 1. The van der Waals surface area contributed by atoms with Crippen molar-refractivity contribution in [2.75, 3.05) is 0 Å². The van der Waals surface area contributed by atoms with Crippen LogP contribution in [0.5, 0.6) is 0 Å². The highest BCUT2D eigenvalue weighted by Crippen LogP contribution is 2.28. The lowest BCUT2D eigenvalue weighted by Crippen LogP contribution is -2.30. The number of hydrogen-bond donors (Lipinski definition) is 2. The molecule has 1 aromatic heterocycles. The summed E-state index contributed by atoms with van der Waals surface area (Å²) >= 11 is 0. The summed E-state index contributed by atoms with van der Waals surface area (Å²) in [5.41, 5.74) is 7.86. The standard InChI is InChI=1S/C24H21N3O3S/c1-16-8-9-19(24(25)28)14-22(16)23(20-7-4-12-26-15-20)27-31(29,30)21-11-10-17-5-2-3-6-18(17)13-21/h2-15,23,27H,1H3,(H2,25,28). The van der Waals surface area contributed by atoms with Gasteiger partial charge < -0.3 is 5.73 Å². The van der Waals surface area contributed by atoms with Gasteiger partial charge in [0, 0.05) is 18.0 Å². The Morgan fingerprint density at radius 2 is 1.74 bits per heavy atom. The average Bonchev–Trinajstić information content (AvgIpc) is 2.78. The SMILES string of the molecule is Cc1ccc(C(N)=O)cc1C(NS(=O)(=O)c1ccc2ccccc2c1)c1cccnc1. The number of amides is 1. The van der Waals surface area contributed by atoms with E-state index in [-0.39, 0.29) is 4.90 Å². The highest BCUT2D eigenvalue weighted by Gasteiger charge is 2.25. The molecule has 3 aromatic carbocycles. The van der Waals surface area contributed by atoms with E-state index in [1.165, 1.54) is 0 Å². The van der Waals surface area contributed by atoms with Crippen LogP contribution in [0, 0.1) is 6.92 Å². The molecule has 0 fully saturated rings. The third kappa shape index (κ3) is 4.33. The highest BCUT2D eigenvalue weighted by molar-refractivity contribution is 7.89. The van der Waals surface area contributed by atoms with E-state index in [9.17, 15) is 13.2 Å². The number of nitrogens with two attached hydrogens (primary N) is 1. The highest BCUT2D eigenvalue weighted by atomic mass is 32.2. The first-order valence-electron chi connectivity index (χ1n) is 9.66. The van der Waals surface area contributed by atoms with Crippen molar-refractivity contribution < 1.29 is 13.2 Å². The Labute approximate surface area is 180 Å². The van der Waals surface area contributed by atoms with E-state index in [0.29, 0.717) is 16.7 Å². The summed E-state index contributed by atoms with van der Waals surface area (Å²) in [7, 11) is -3.89. The van der Waals surface area contributed by atoms with Crippen molar-refractivity contribution >= 4 is 26.7 Å². The maximum atomic E-state index is 13.3. The number of nitrogens with zero attached hydrogens (tertiary/aromatic N) is 1. The molecular formula is C24H21N3O3S. The molecule has 4 rings (SSSR count). The molecule has 0 saturated carbocycles. The molecule has 0 aliphatic rings. The van der Waals surface area contributed by atoms with E-state index in [0.717, 1.165) is 16.3 Å². The minimum absolute atomic E-state index is 0.156. The predicted molar refractivity (Wildman–Crippen MR) is 120 cm³/mol. The first-order chi connectivity index (χ1) is 14.8. The molecule has 0 aliphatic carbocycles. The zero-order valence-electron chi connectivity index (χ0n) is 16.8. The van der Waals surface area contributed by atoms with Crippen LogP contribution in [0.15, 0.2) is 90.1 Å². The minimum atomic E-state index is -3.89. The average molecular weight is 432 g/mol. The number of aromatic nitrogens is 1. The Kier molecular flexibility index (Phi) is 5.54. The zero-order chi connectivity index (χ0) is 22.0. The van der Waals surface area contributed by atoms with E-state index in [1.54, 1.807) is 60.9 Å². The van der Waals surface area contributed by atoms with Crippen LogP contribution in [0.2, 0.25) is 0 Å². The second-order valence-electron chi connectivity index (χ2n) is 7.29. The quantitative estimate of drug-likeness (QED) is 0.486. The molecular weight excluding hydrogens is 410 g/mol. The van der Waals surface area contributed by atoms with Crippen molar-refractivity contribution in [1.29, 1.82) is 0 Å². The fourth-order valence-electron chi connectivity index (χ4n) is 3.52. The van der Waals surface area contributed by atoms with Crippen LogP contribution in [0.1, 0.15) is 33.1 Å². The maximum absolute atomic E-state index is 13.3. The number of rotatable bonds is 6. The number of primary amides is 1. The molecule has 0 radical (unpaired) electrons. The van der Waals surface area contributed by atoms with E-state index in [4.69, 9.17) is 5.73 Å². The van der Waals surface area contributed by atoms with Crippen molar-refractivity contribution in [3.05, 3.63) is 107 Å². The number of aryl methyl sites for hydroxylation is 1. The number of benzene rings is 3. The number of hydrogen-bond acceptors (Lipinski definition) is 4. The lowest BCUT2D eigenvalue weighted by molar-refractivity contribution is 0.1000. The fraction of sp³-hybridized carbons (Fsp3) is 0.0833. The molecule has 6 nitrogen and oxygen atoms in total. The molecule has 156 valence electrons. The lowest BCUT2D eigenvalue weighted by Gasteiger charge is -2.22. The molecule has 1 atom stereocenters. The molecule has 0 aliphatic heterocycles. The summed E-state index contributed by atoms with van der Waals surface area (Å²) in [4.78, 5) is 16.0. The fourth-order valence-corrected chi connectivity index (χ4v) is 4.76. The van der Waals surface area contributed by atoms with Gasteiger partial charge in [0.15, 0.2) is 0 Å². The van der Waals surface area contributed by atoms with Crippen molar-refractivity contribution in [1.82, 2.24) is 9.71 Å². The van der Waals surface area contributed by atoms with Gasteiger partial charge >= 0.3 is 0 Å². The number of carbonyl (C=O) groups is 1. The van der Waals surface area contributed by atoms with Crippen LogP contribution < -0.4 is 10.5 Å². The summed E-state index contributed by atoms with van der Waals surface area (Å²) in [6, 6.07) is 20.3. The van der Waals surface area contributed by atoms with Gasteiger partial charge in [-0.15, -0.1) is 0 Å². The number of nitrogens with one attached hydrogen (secondary N) is 1. The van der Waals surface area contributed by atoms with Gasteiger partial charge in [-0.2, -0.15) is 4.72 Å². The van der Waals surface area contributed by atoms with Crippen LogP contribution in [-0.4, -0.2) is 19.3 Å². The van der Waals surface area contributed by atoms with Crippen LogP contribution in [-0.2, 0) is 10.0 Å². The normalized spacial score (nSPS) is 12.5. The van der Waals surface area contributed by atoms with Crippen LogP contribution in [0.3, 0.4) is 0 Å². The molecule has 4 aromatic rings. The molecule has 0 spiro atoms. The Morgan fingerprint density at radius 1 is 0.968 bits per heavy atom. The Bertz CT molecular complexity index is 1370. The lowest BCUT2D eigenvalue weighted by atomic mass is 9.95. The first-order valence-corrected chi connectivity index (χ1v) is 11.1. The first kappa shape index (κ1) is 20.7. The van der Waals surface area contributed by atoms with Crippen LogP contribution >= 0.6 is 0 Å². The Balaban J connectivity index is 1.81. The van der Waals surface area contributed by atoms with Crippen molar-refractivity contribution in [3.63, 3.8) is 0 Å². The van der Waals surface area contributed by atoms with Gasteiger partial charge in [-0.05, 0) is 64.7 Å². The van der Waals surface area contributed by atoms with E-state index in [1.807, 2.05) is 31.2 Å². The third-order valence-electron chi connectivity index (χ3n) is 5.20. The smallest absolute Gasteiger partial charge is 0.248 e. The minimum Gasteiger partial charge on any atom is -0.366 e. The van der Waals surface area contributed by atoms with Crippen molar-refractivity contribution in [3.8, 4) is 0 Å². The summed E-state index contributed by atoms with van der Waals surface area (Å²) in [5, 5.41) is 1.78. The number of pyridine rings is 1. The largest absolute Gasteiger partial charge is 0.366 e. The van der Waals surface area contributed by atoms with Gasteiger partial charge in [-0.3, -0.25) is 9.78 Å². The number of sulfonamides is 1. The van der Waals surface area contributed by atoms with Crippen molar-refractivity contribution in [2.24, 2.45) is 5.73 Å². The second-order valence-corrected chi connectivity index (χ2v) is 9.00. The predicted octanol–water partition coefficient (Wildman–Crippen LogP) is 3.71. The van der Waals surface area contributed by atoms with Gasteiger partial charge in [-0.25, -0.2) is 8.42 Å². The van der Waals surface area contributed by atoms with Crippen LogP contribution in [0.25, 0.3) is 10.8 Å². The topological polar surface area (TPSA) is 102 Å². The van der Waals surface area contributed by atoms with Gasteiger partial charge in [0.05, 0.1) is 10.9 Å². The van der Waals surface area contributed by atoms with E-state index in [2.05, 4.69) is 9.71 Å². The van der Waals surface area contributed by atoms with Gasteiger partial charge in [0.1, 0.15) is 0 Å². The summed E-state index contributed by atoms with van der Waals surface area (Å²) < 4.78 is 29.5. The zero-order valence-corrected chi connectivity index (χ0v) is 17.6. The Morgan fingerprint density at radius 3 is 2.45 bits per heavy atom. The molecule has 1 heterocycles. The molecule has 3 N–H and O–H groups in total. The van der Waals surface area contributed by atoms with Crippen LogP contribution in [0.4, 0.5) is 0 Å². The van der Waals surface area contributed by atoms with E-state index < -0.39 is 22.0 Å². The van der Waals surface area contributed by atoms with E-state index >= 15 is 0 Å². The van der Waals surface area contributed by atoms with Gasteiger partial charge in [-0.1, -0.05) is 42.5 Å². The second kappa shape index (κ2) is 8.29. The summed E-state index contributed by atoms with van der Waals surface area (Å²) in [5.74, 6) is -0.580. The summed E-state index contributed by atoms with van der Waals surface area (Å²) in [6.45, 7) is 1.85. The molecule has 31 heavy (non-hydrogen) atoms. The number of fused-ring (bicyclic) bond motifs is 1. The molecule has 0 saturated heterocycles. The third-order valence-corrected chi connectivity index (χ3v) is 6.62. The molecule has 7 heteroatoms. The Hall–Kier alpha value is -3.55. The van der Waals surface area contributed by atoms with Crippen molar-refractivity contribution in [2.45, 2.75) is 17.9 Å². The maximum Gasteiger partial charge on any atom is 0.248 e. The summed E-state index contributed by atoms with van der Waals surface area (Å²) in [6.07, 6.45) is 3.22. The molecule has 0 bridgehead atoms. The molecule has 1 unspecified atom stereocenters. The van der Waals surface area contributed by atoms with Gasteiger partial charge in [0.25, 0.3) is 0 Å². The monoisotopic (exact) mass is 431 g/mol.